The van der Waals surface area contributed by atoms with E-state index in [0.717, 1.165) is 21.5 Å². The second kappa shape index (κ2) is 12.5. The Kier molecular flexibility index (Phi) is 8.70. The van der Waals surface area contributed by atoms with Crippen molar-refractivity contribution in [3.63, 3.8) is 0 Å². The van der Waals surface area contributed by atoms with Crippen molar-refractivity contribution >= 4 is 73.9 Å². The van der Waals surface area contributed by atoms with Crippen LogP contribution >= 0.6 is 51.3 Å². The highest BCUT2D eigenvalue weighted by Gasteiger charge is 2.32. The van der Waals surface area contributed by atoms with Gasteiger partial charge in [0.15, 0.2) is 0 Å². The number of hydrogen-bond donors (Lipinski definition) is 0. The van der Waals surface area contributed by atoms with E-state index in [9.17, 15) is 18.4 Å². The average Bonchev–Trinajstić information content (AvgIpc) is 3.28. The van der Waals surface area contributed by atoms with Crippen LogP contribution in [0.25, 0.3) is 10.8 Å². The van der Waals surface area contributed by atoms with Gasteiger partial charge in [0.25, 0.3) is 11.8 Å². The van der Waals surface area contributed by atoms with Gasteiger partial charge in [0, 0.05) is 39.2 Å². The Balaban J connectivity index is 1.22. The zero-order valence-corrected chi connectivity index (χ0v) is 27.0. The summed E-state index contributed by atoms with van der Waals surface area (Å²) in [6.07, 6.45) is 2.91. The number of halogens is 5. The second-order valence-corrected chi connectivity index (χ2v) is 12.6. The van der Waals surface area contributed by atoms with Crippen molar-refractivity contribution in [2.45, 2.75) is 32.5 Å². The van der Waals surface area contributed by atoms with Crippen molar-refractivity contribution in [1.82, 2.24) is 14.3 Å². The molecule has 2 heterocycles. The molecule has 4 aromatic carbocycles. The minimum Gasteiger partial charge on any atom is -0.274 e. The fraction of sp³-hybridized carbons (Fsp3) is 0.188. The fourth-order valence-corrected chi connectivity index (χ4v) is 6.58. The van der Waals surface area contributed by atoms with Crippen LogP contribution in [0.1, 0.15) is 44.7 Å². The van der Waals surface area contributed by atoms with E-state index < -0.39 is 11.6 Å². The molecule has 5 aromatic rings. The van der Waals surface area contributed by atoms with E-state index in [1.165, 1.54) is 17.0 Å². The maximum Gasteiger partial charge on any atom is 0.325 e. The van der Waals surface area contributed by atoms with Crippen LogP contribution in [0.3, 0.4) is 0 Å². The monoisotopic (exact) mass is 715 g/mol. The van der Waals surface area contributed by atoms with Crippen molar-refractivity contribution in [3.8, 4) is 0 Å². The van der Waals surface area contributed by atoms with Gasteiger partial charge in [-0.1, -0.05) is 57.3 Å². The van der Waals surface area contributed by atoms with E-state index in [1.54, 1.807) is 35.2 Å². The van der Waals surface area contributed by atoms with Crippen LogP contribution in [0.5, 0.6) is 0 Å². The van der Waals surface area contributed by atoms with Gasteiger partial charge in [-0.05, 0) is 78.5 Å². The number of unbranched alkanes of at least 4 members (excludes halogenated alkanes) is 1. The Hall–Kier alpha value is -3.44. The maximum absolute atomic E-state index is 14.5. The van der Waals surface area contributed by atoms with Crippen molar-refractivity contribution in [2.24, 2.45) is 0 Å². The molecule has 0 aliphatic carbocycles. The molecule has 12 heteroatoms. The molecule has 0 unspecified atom stereocenters. The van der Waals surface area contributed by atoms with Crippen LogP contribution in [-0.4, -0.2) is 32.6 Å². The highest BCUT2D eigenvalue weighted by molar-refractivity contribution is 9.10. The van der Waals surface area contributed by atoms with Crippen LogP contribution in [0.4, 0.5) is 8.78 Å². The van der Waals surface area contributed by atoms with Gasteiger partial charge in [-0.2, -0.15) is 0 Å². The zero-order chi connectivity index (χ0) is 31.1. The summed E-state index contributed by atoms with van der Waals surface area (Å²) in [7, 11) is 0. The van der Waals surface area contributed by atoms with Gasteiger partial charge >= 0.3 is 4.77 Å². The lowest BCUT2D eigenvalue weighted by atomic mass is 9.94. The quantitative estimate of drug-likeness (QED) is 0.0673. The van der Waals surface area contributed by atoms with Crippen LogP contribution in [0, 0.1) is 16.4 Å². The van der Waals surface area contributed by atoms with Gasteiger partial charge in [0.05, 0.1) is 10.0 Å². The molecule has 0 spiro atoms. The lowest BCUT2D eigenvalue weighted by Gasteiger charge is -2.27. The summed E-state index contributed by atoms with van der Waals surface area (Å²) in [5.41, 5.74) is 2.18. The number of imide groups is 1. The molecule has 0 N–H and O–H groups in total. The number of carbonyl (C=O) groups excluding carboxylic acids is 2. The van der Waals surface area contributed by atoms with E-state index in [4.69, 9.17) is 35.4 Å². The molecule has 224 valence electrons. The summed E-state index contributed by atoms with van der Waals surface area (Å²) in [5.74, 6) is -1.94. The first-order valence-electron chi connectivity index (χ1n) is 13.8. The Morgan fingerprint density at radius 1 is 0.864 bits per heavy atom. The van der Waals surface area contributed by atoms with E-state index in [-0.39, 0.29) is 24.9 Å². The molecule has 44 heavy (non-hydrogen) atoms. The van der Waals surface area contributed by atoms with Crippen molar-refractivity contribution < 1.29 is 22.9 Å². The predicted molar refractivity (Wildman–Crippen MR) is 171 cm³/mol. The summed E-state index contributed by atoms with van der Waals surface area (Å²) in [4.78, 5) is 28.0. The van der Waals surface area contributed by atoms with Gasteiger partial charge in [-0.3, -0.25) is 14.5 Å². The second-order valence-electron chi connectivity index (χ2n) is 10.5. The molecular weight excluding hydrogens is 693 g/mol. The smallest absolute Gasteiger partial charge is 0.274 e. The van der Waals surface area contributed by atoms with Gasteiger partial charge in [0.2, 0.25) is 6.33 Å². The third-order valence-corrected chi connectivity index (χ3v) is 9.55. The predicted octanol–water partition coefficient (Wildman–Crippen LogP) is 7.98. The first-order chi connectivity index (χ1) is 21.1. The first-order valence-corrected chi connectivity index (χ1v) is 15.7. The molecule has 1 aliphatic heterocycles. The normalized spacial score (nSPS) is 12.9. The minimum absolute atomic E-state index is 0.108. The molecule has 6 rings (SSSR count). The molecule has 0 atom stereocenters. The standard InChI is InChI=1S/C32H24BrCl2F2N4O2S/c33-25-10-9-24-29-22(25)4-3-5-23(29)30(42)40(31(24)43)12-1-2-13-41-32(44)38(17-20-7-8-21(36)15-28(20)37)18-39(41)16-19-6-11-26(34)27(35)14-19/h3-11,14-15,18H,1-2,12-13,16-17H2/q+1. The number of rotatable bonds is 9. The molecule has 0 saturated carbocycles. The molecule has 0 bridgehead atoms. The minimum atomic E-state index is -0.656. The summed E-state index contributed by atoms with van der Waals surface area (Å²) >= 11 is 21.7. The SMILES string of the molecule is O=C1c2cccc3c(Br)ccc(c23)C(=O)N1CCCCn1c(=S)[n+](Cc2ccc(F)cc2F)cn1Cc1ccc(Cl)c(Cl)c1. The largest absolute Gasteiger partial charge is 0.325 e. The molecule has 0 radical (unpaired) electrons. The molecule has 1 aliphatic rings. The molecule has 0 fully saturated rings. The summed E-state index contributed by atoms with van der Waals surface area (Å²) in [5, 5.41) is 2.35. The number of aromatic nitrogens is 3. The van der Waals surface area contributed by atoms with Crippen molar-refractivity contribution in [3.05, 3.63) is 126 Å². The number of hydrogen-bond acceptors (Lipinski definition) is 3. The lowest BCUT2D eigenvalue weighted by Crippen LogP contribution is -2.41. The highest BCUT2D eigenvalue weighted by Crippen LogP contribution is 2.34. The van der Waals surface area contributed by atoms with Crippen LogP contribution in [0.15, 0.2) is 77.5 Å². The Bertz CT molecular complexity index is 2010. The van der Waals surface area contributed by atoms with E-state index in [1.807, 2.05) is 33.6 Å². The number of carbonyl (C=O) groups is 2. The van der Waals surface area contributed by atoms with Crippen molar-refractivity contribution in [2.75, 3.05) is 6.54 Å². The van der Waals surface area contributed by atoms with Gasteiger partial charge in [-0.25, -0.2) is 13.3 Å². The Labute approximate surface area is 275 Å². The molecule has 0 saturated heterocycles. The Morgan fingerprint density at radius 3 is 2.36 bits per heavy atom. The summed E-state index contributed by atoms with van der Waals surface area (Å²) in [6.45, 7) is 1.22. The number of amides is 2. The highest BCUT2D eigenvalue weighted by atomic mass is 79.9. The summed E-state index contributed by atoms with van der Waals surface area (Å²) in [6, 6.07) is 17.8. The average molecular weight is 717 g/mol. The molecular formula is C32H24BrCl2F2N4O2S+. The van der Waals surface area contributed by atoms with Crippen LogP contribution in [-0.2, 0) is 19.6 Å². The third-order valence-electron chi connectivity index (χ3n) is 7.67. The Morgan fingerprint density at radius 2 is 1.61 bits per heavy atom. The number of nitrogens with zero attached hydrogens (tertiary/aromatic N) is 4. The zero-order valence-electron chi connectivity index (χ0n) is 23.1. The topological polar surface area (TPSA) is 51.1 Å². The van der Waals surface area contributed by atoms with Crippen molar-refractivity contribution in [1.29, 1.82) is 0 Å². The van der Waals surface area contributed by atoms with Gasteiger partial charge < -0.3 is 0 Å². The first kappa shape index (κ1) is 30.6. The molecule has 2 amide bonds. The van der Waals surface area contributed by atoms with Crippen LogP contribution < -0.4 is 4.57 Å². The molecule has 1 aromatic heterocycles. The number of benzene rings is 4. The van der Waals surface area contributed by atoms with Gasteiger partial charge in [0.1, 0.15) is 31.3 Å². The van der Waals surface area contributed by atoms with E-state index in [0.29, 0.717) is 62.8 Å². The van der Waals surface area contributed by atoms with Gasteiger partial charge in [-0.15, -0.1) is 9.36 Å². The van der Waals surface area contributed by atoms with E-state index >= 15 is 0 Å². The fourth-order valence-electron chi connectivity index (χ4n) is 5.49. The lowest BCUT2D eigenvalue weighted by molar-refractivity contribution is -0.696. The van der Waals surface area contributed by atoms with E-state index in [2.05, 4.69) is 15.9 Å². The third kappa shape index (κ3) is 5.83. The summed E-state index contributed by atoms with van der Waals surface area (Å²) < 4.78 is 34.7. The molecule has 6 nitrogen and oxygen atoms in total. The van der Waals surface area contributed by atoms with Crippen LogP contribution in [0.2, 0.25) is 10.0 Å². The maximum atomic E-state index is 14.5.